The average molecular weight is 598 g/mol. The van der Waals surface area contributed by atoms with Crippen LogP contribution in [-0.2, 0) is 31.6 Å². The van der Waals surface area contributed by atoms with Gasteiger partial charge in [-0.1, -0.05) is 37.6 Å². The number of anilines is 1. The van der Waals surface area contributed by atoms with Crippen molar-refractivity contribution in [2.45, 2.75) is 83.2 Å². The van der Waals surface area contributed by atoms with Crippen LogP contribution in [-0.4, -0.2) is 50.5 Å². The van der Waals surface area contributed by atoms with Crippen molar-refractivity contribution >= 4 is 27.5 Å². The number of nitrogens with zero attached hydrogens (tertiary/aromatic N) is 2. The van der Waals surface area contributed by atoms with Crippen LogP contribution in [0.3, 0.4) is 0 Å². The molecule has 0 aliphatic heterocycles. The average Bonchev–Trinajstić information content (AvgIpc) is 2.94. The number of amides is 2. The third kappa shape index (κ3) is 6.66. The van der Waals surface area contributed by atoms with Gasteiger partial charge in [-0.25, -0.2) is 12.8 Å². The molecule has 42 heavy (non-hydrogen) atoms. The van der Waals surface area contributed by atoms with E-state index in [-0.39, 0.29) is 17.9 Å². The normalized spacial score (nSPS) is 25.2. The Morgan fingerprint density at radius 1 is 0.976 bits per heavy atom. The zero-order valence-electron chi connectivity index (χ0n) is 25.0. The Morgan fingerprint density at radius 2 is 1.55 bits per heavy atom. The smallest absolute Gasteiger partial charge is 0.244 e. The highest BCUT2D eigenvalue weighted by molar-refractivity contribution is 7.92. The van der Waals surface area contributed by atoms with Crippen molar-refractivity contribution in [3.8, 4) is 0 Å². The Morgan fingerprint density at radius 3 is 2.07 bits per heavy atom. The van der Waals surface area contributed by atoms with Crippen LogP contribution in [0.25, 0.3) is 0 Å². The van der Waals surface area contributed by atoms with E-state index < -0.39 is 34.3 Å². The number of nitrogens with one attached hydrogen (secondary N) is 1. The zero-order chi connectivity index (χ0) is 30.1. The third-order valence-electron chi connectivity index (χ3n) is 9.75. The molecule has 4 bridgehead atoms. The molecule has 0 heterocycles. The maximum absolute atomic E-state index is 13.8. The highest BCUT2D eigenvalue weighted by Crippen LogP contribution is 2.60. The van der Waals surface area contributed by atoms with Gasteiger partial charge in [0.2, 0.25) is 21.8 Å². The molecule has 0 saturated heterocycles. The molecule has 0 radical (unpaired) electrons. The monoisotopic (exact) mass is 597 g/mol. The Hall–Kier alpha value is -2.94. The molecule has 4 fully saturated rings. The second kappa shape index (κ2) is 12.3. The van der Waals surface area contributed by atoms with Crippen LogP contribution >= 0.6 is 0 Å². The predicted molar refractivity (Wildman–Crippen MR) is 163 cm³/mol. The lowest BCUT2D eigenvalue weighted by Crippen LogP contribution is -2.51. The summed E-state index contributed by atoms with van der Waals surface area (Å²) >= 11 is 0. The first kappa shape index (κ1) is 30.5. The van der Waals surface area contributed by atoms with Crippen molar-refractivity contribution in [3.05, 3.63) is 65.5 Å². The lowest BCUT2D eigenvalue weighted by Gasteiger charge is -2.57. The largest absolute Gasteiger partial charge is 0.354 e. The number of hydrogen-bond donors (Lipinski definition) is 1. The molecule has 4 aliphatic rings. The standard InChI is InChI=1S/C33H44FN3O4S/c1-4-5-14-35-32(39)23(2)36(21-24-6-10-29(34)11-7-24)31(38)22-37(42(3,40)41)30-12-8-28(9-13-30)33-18-25-15-26(19-33)17-27(16-25)20-33/h6-13,23,25-27H,4-5,14-22H2,1-3H3,(H,35,39). The minimum atomic E-state index is -3.81. The van der Waals surface area contributed by atoms with Crippen molar-refractivity contribution in [2.75, 3.05) is 23.7 Å². The summed E-state index contributed by atoms with van der Waals surface area (Å²) in [6, 6.07) is 12.7. The van der Waals surface area contributed by atoms with Gasteiger partial charge in [-0.3, -0.25) is 13.9 Å². The van der Waals surface area contributed by atoms with E-state index in [2.05, 4.69) is 17.4 Å². The van der Waals surface area contributed by atoms with Crippen LogP contribution in [0.1, 0.15) is 76.3 Å². The molecule has 6 rings (SSSR count). The third-order valence-corrected chi connectivity index (χ3v) is 10.9. The molecule has 4 aliphatic carbocycles. The second-order valence-electron chi connectivity index (χ2n) is 13.0. The van der Waals surface area contributed by atoms with Gasteiger partial charge in [0.25, 0.3) is 0 Å². The van der Waals surface area contributed by atoms with E-state index in [1.165, 1.54) is 61.1 Å². The van der Waals surface area contributed by atoms with Gasteiger partial charge in [0.1, 0.15) is 18.4 Å². The van der Waals surface area contributed by atoms with Crippen LogP contribution in [0.15, 0.2) is 48.5 Å². The van der Waals surface area contributed by atoms with E-state index in [1.807, 2.05) is 19.1 Å². The quantitative estimate of drug-likeness (QED) is 0.332. The number of sulfonamides is 1. The summed E-state index contributed by atoms with van der Waals surface area (Å²) in [5.74, 6) is 1.18. The number of hydrogen-bond acceptors (Lipinski definition) is 4. The molecule has 9 heteroatoms. The first-order valence-corrected chi connectivity index (χ1v) is 17.2. The van der Waals surface area contributed by atoms with Crippen molar-refractivity contribution in [1.82, 2.24) is 10.2 Å². The fourth-order valence-corrected chi connectivity index (χ4v) is 8.81. The minimum Gasteiger partial charge on any atom is -0.354 e. The first-order chi connectivity index (χ1) is 20.0. The summed E-state index contributed by atoms with van der Waals surface area (Å²) in [5.41, 5.74) is 2.54. The Labute approximate surface area is 249 Å². The molecule has 1 unspecified atom stereocenters. The molecule has 1 N–H and O–H groups in total. The van der Waals surface area contributed by atoms with Gasteiger partial charge in [0.15, 0.2) is 0 Å². The molecule has 2 amide bonds. The fourth-order valence-electron chi connectivity index (χ4n) is 7.96. The summed E-state index contributed by atoms with van der Waals surface area (Å²) < 4.78 is 40.7. The van der Waals surface area contributed by atoms with Gasteiger partial charge in [-0.05, 0) is 110 Å². The molecule has 7 nitrogen and oxygen atoms in total. The van der Waals surface area contributed by atoms with E-state index in [4.69, 9.17) is 0 Å². The lowest BCUT2D eigenvalue weighted by molar-refractivity contribution is -0.139. The number of benzene rings is 2. The number of rotatable bonds is 12. The van der Waals surface area contributed by atoms with E-state index in [0.717, 1.165) is 41.2 Å². The fraction of sp³-hybridized carbons (Fsp3) is 0.576. The summed E-state index contributed by atoms with van der Waals surface area (Å²) in [6.45, 7) is 3.75. The molecule has 0 spiro atoms. The first-order valence-electron chi connectivity index (χ1n) is 15.4. The summed E-state index contributed by atoms with van der Waals surface area (Å²) in [6.07, 6.45) is 10.5. The Balaban J connectivity index is 1.36. The van der Waals surface area contributed by atoms with Crippen LogP contribution in [0.5, 0.6) is 0 Å². The summed E-state index contributed by atoms with van der Waals surface area (Å²) in [7, 11) is -3.81. The van der Waals surface area contributed by atoms with E-state index in [1.54, 1.807) is 19.1 Å². The zero-order valence-corrected chi connectivity index (χ0v) is 25.8. The maximum Gasteiger partial charge on any atom is 0.244 e. The van der Waals surface area contributed by atoms with Gasteiger partial charge in [-0.15, -0.1) is 0 Å². The summed E-state index contributed by atoms with van der Waals surface area (Å²) in [5, 5.41) is 2.86. The molecular formula is C33H44FN3O4S. The molecule has 1 atom stereocenters. The second-order valence-corrected chi connectivity index (χ2v) is 14.9. The van der Waals surface area contributed by atoms with Crippen molar-refractivity contribution < 1.29 is 22.4 Å². The van der Waals surface area contributed by atoms with Gasteiger partial charge in [0, 0.05) is 13.1 Å². The Kier molecular flexibility index (Phi) is 8.97. The van der Waals surface area contributed by atoms with Crippen molar-refractivity contribution in [3.63, 3.8) is 0 Å². The minimum absolute atomic E-state index is 0.0457. The molecular weight excluding hydrogens is 553 g/mol. The number of carbonyl (C=O) groups is 2. The maximum atomic E-state index is 13.8. The van der Waals surface area contributed by atoms with E-state index in [9.17, 15) is 22.4 Å². The summed E-state index contributed by atoms with van der Waals surface area (Å²) in [4.78, 5) is 28.1. The van der Waals surface area contributed by atoms with Crippen molar-refractivity contribution in [1.29, 1.82) is 0 Å². The molecule has 228 valence electrons. The SMILES string of the molecule is CCCCNC(=O)C(C)N(Cc1ccc(F)cc1)C(=O)CN(c1ccc(C23CC4CC(CC(C4)C2)C3)cc1)S(C)(=O)=O. The number of unbranched alkanes of at least 4 members (excludes halogenated alkanes) is 1. The van der Waals surface area contributed by atoms with Gasteiger partial charge < -0.3 is 10.2 Å². The highest BCUT2D eigenvalue weighted by Gasteiger charge is 2.51. The van der Waals surface area contributed by atoms with Gasteiger partial charge in [-0.2, -0.15) is 0 Å². The lowest BCUT2D eigenvalue weighted by atomic mass is 9.48. The molecule has 2 aromatic carbocycles. The van der Waals surface area contributed by atoms with Crippen LogP contribution in [0.2, 0.25) is 0 Å². The van der Waals surface area contributed by atoms with Crippen molar-refractivity contribution in [2.24, 2.45) is 17.8 Å². The van der Waals surface area contributed by atoms with E-state index >= 15 is 0 Å². The molecule has 2 aromatic rings. The van der Waals surface area contributed by atoms with E-state index in [0.29, 0.717) is 17.8 Å². The van der Waals surface area contributed by atoms with Crippen LogP contribution < -0.4 is 9.62 Å². The number of carbonyl (C=O) groups excluding carboxylic acids is 2. The number of halogens is 1. The molecule has 4 saturated carbocycles. The Bertz CT molecular complexity index is 1340. The van der Waals surface area contributed by atoms with Gasteiger partial charge in [0.05, 0.1) is 11.9 Å². The van der Waals surface area contributed by atoms with Crippen LogP contribution in [0, 0.1) is 23.6 Å². The molecule has 0 aromatic heterocycles. The highest BCUT2D eigenvalue weighted by atomic mass is 32.2. The topological polar surface area (TPSA) is 86.8 Å². The predicted octanol–water partition coefficient (Wildman–Crippen LogP) is 5.39. The van der Waals surface area contributed by atoms with Gasteiger partial charge >= 0.3 is 0 Å². The van der Waals surface area contributed by atoms with Crippen LogP contribution in [0.4, 0.5) is 10.1 Å².